The van der Waals surface area contributed by atoms with E-state index in [1.54, 1.807) is 18.2 Å². The number of ether oxygens (including phenoxy) is 1. The van der Waals surface area contributed by atoms with Crippen molar-refractivity contribution in [3.63, 3.8) is 0 Å². The molecule has 7 heteroatoms. The monoisotopic (exact) mass is 408 g/mol. The Balaban J connectivity index is 1.40. The third-order valence-corrected chi connectivity index (χ3v) is 6.25. The predicted octanol–water partition coefficient (Wildman–Crippen LogP) is 4.65. The summed E-state index contributed by atoms with van der Waals surface area (Å²) in [4.78, 5) is 4.85. The minimum Gasteiger partial charge on any atom is -0.460 e. The molecule has 0 spiro atoms. The third-order valence-electron chi connectivity index (χ3n) is 6.25. The first-order valence-electron chi connectivity index (χ1n) is 10.2. The summed E-state index contributed by atoms with van der Waals surface area (Å²) < 4.78 is 51.1. The Labute approximate surface area is 169 Å². The Morgan fingerprint density at radius 3 is 2.34 bits per heavy atom. The van der Waals surface area contributed by atoms with Crippen molar-refractivity contribution >= 4 is 0 Å². The summed E-state index contributed by atoms with van der Waals surface area (Å²) in [6, 6.07) is 8.98. The number of benzene rings is 1. The molecule has 0 N–H and O–H groups in total. The van der Waals surface area contributed by atoms with Gasteiger partial charge >= 0.3 is 6.18 Å². The lowest BCUT2D eigenvalue weighted by molar-refractivity contribution is -0.137. The van der Waals surface area contributed by atoms with Crippen molar-refractivity contribution in [2.75, 3.05) is 39.4 Å². The van der Waals surface area contributed by atoms with Crippen LogP contribution in [0.25, 0.3) is 11.3 Å². The molecule has 2 aliphatic heterocycles. The highest BCUT2D eigenvalue weighted by atomic mass is 19.4. The first-order chi connectivity index (χ1) is 13.9. The lowest BCUT2D eigenvalue weighted by atomic mass is 9.87. The molecule has 0 unspecified atom stereocenters. The lowest BCUT2D eigenvalue weighted by Crippen LogP contribution is -2.56. The molecule has 2 fully saturated rings. The van der Waals surface area contributed by atoms with E-state index in [4.69, 9.17) is 9.15 Å². The fourth-order valence-corrected chi connectivity index (χ4v) is 4.39. The van der Waals surface area contributed by atoms with Crippen molar-refractivity contribution in [1.82, 2.24) is 9.80 Å². The molecule has 0 saturated carbocycles. The van der Waals surface area contributed by atoms with Crippen molar-refractivity contribution in [3.8, 4) is 11.3 Å². The zero-order valence-corrected chi connectivity index (χ0v) is 16.7. The Hall–Kier alpha value is -1.83. The molecule has 3 heterocycles. The fourth-order valence-electron chi connectivity index (χ4n) is 4.39. The zero-order chi connectivity index (χ0) is 20.5. The number of piperidine rings is 1. The van der Waals surface area contributed by atoms with Crippen LogP contribution in [-0.2, 0) is 17.5 Å². The average molecular weight is 408 g/mol. The molecule has 2 aliphatic rings. The van der Waals surface area contributed by atoms with Gasteiger partial charge in [-0.1, -0.05) is 18.2 Å². The van der Waals surface area contributed by atoms with E-state index >= 15 is 0 Å². The van der Waals surface area contributed by atoms with E-state index in [0.29, 0.717) is 12.3 Å². The van der Waals surface area contributed by atoms with E-state index in [9.17, 15) is 13.2 Å². The Morgan fingerprint density at radius 2 is 1.66 bits per heavy atom. The number of likely N-dealkylation sites (tertiary alicyclic amines) is 1. The number of hydrogen-bond acceptors (Lipinski definition) is 4. The van der Waals surface area contributed by atoms with Gasteiger partial charge in [0.2, 0.25) is 0 Å². The van der Waals surface area contributed by atoms with E-state index in [-0.39, 0.29) is 16.9 Å². The van der Waals surface area contributed by atoms with E-state index in [2.05, 4.69) is 16.7 Å². The van der Waals surface area contributed by atoms with Crippen LogP contribution in [0.4, 0.5) is 13.2 Å². The van der Waals surface area contributed by atoms with E-state index in [1.165, 1.54) is 12.1 Å². The van der Waals surface area contributed by atoms with Gasteiger partial charge in [0.1, 0.15) is 11.5 Å². The normalized spacial score (nSPS) is 21.4. The molecule has 1 aromatic heterocycles. The second kappa shape index (κ2) is 8.13. The molecular formula is C22H27F3N2O2. The highest BCUT2D eigenvalue weighted by molar-refractivity contribution is 5.63. The Bertz CT molecular complexity index is 819. The number of halogens is 3. The van der Waals surface area contributed by atoms with E-state index in [0.717, 1.165) is 58.3 Å². The SMILES string of the molecule is CC1(N2CCOCC2)CCN(Cc2ccc(-c3ccccc3C(F)(F)F)o2)CC1. The largest absolute Gasteiger partial charge is 0.460 e. The number of alkyl halides is 3. The van der Waals surface area contributed by atoms with Crippen molar-refractivity contribution in [3.05, 3.63) is 47.7 Å². The maximum atomic E-state index is 13.3. The third kappa shape index (κ3) is 4.52. The zero-order valence-electron chi connectivity index (χ0n) is 16.7. The van der Waals surface area contributed by atoms with Crippen LogP contribution in [0.5, 0.6) is 0 Å². The van der Waals surface area contributed by atoms with Crippen LogP contribution in [0.3, 0.4) is 0 Å². The van der Waals surface area contributed by atoms with Crippen LogP contribution in [-0.4, -0.2) is 54.7 Å². The molecule has 1 aromatic carbocycles. The van der Waals surface area contributed by atoms with Gasteiger partial charge in [0.15, 0.2) is 0 Å². The van der Waals surface area contributed by atoms with Gasteiger partial charge in [-0.05, 0) is 38.0 Å². The molecule has 2 saturated heterocycles. The first kappa shape index (κ1) is 20.4. The summed E-state index contributed by atoms with van der Waals surface area (Å²) >= 11 is 0. The standard InChI is InChI=1S/C22H27F3N2O2/c1-21(27-12-14-28-15-13-27)8-10-26(11-9-21)16-17-6-7-20(29-17)18-4-2-3-5-19(18)22(23,24)25/h2-7H,8-16H2,1H3. The van der Waals surface area contributed by atoms with Gasteiger partial charge in [-0.3, -0.25) is 9.80 Å². The summed E-state index contributed by atoms with van der Waals surface area (Å²) in [5, 5.41) is 0. The van der Waals surface area contributed by atoms with Crippen LogP contribution >= 0.6 is 0 Å². The first-order valence-corrected chi connectivity index (χ1v) is 10.2. The summed E-state index contributed by atoms with van der Waals surface area (Å²) in [5.74, 6) is 0.968. The van der Waals surface area contributed by atoms with Gasteiger partial charge in [-0.25, -0.2) is 0 Å². The maximum absolute atomic E-state index is 13.3. The highest BCUT2D eigenvalue weighted by Crippen LogP contribution is 2.38. The van der Waals surface area contributed by atoms with Crippen molar-refractivity contribution < 1.29 is 22.3 Å². The number of morpholine rings is 1. The molecular weight excluding hydrogens is 381 g/mol. The van der Waals surface area contributed by atoms with E-state index < -0.39 is 11.7 Å². The number of furan rings is 1. The second-order valence-corrected chi connectivity index (χ2v) is 8.18. The van der Waals surface area contributed by atoms with Crippen LogP contribution < -0.4 is 0 Å². The maximum Gasteiger partial charge on any atom is 0.417 e. The minimum atomic E-state index is -4.40. The Morgan fingerprint density at radius 1 is 0.966 bits per heavy atom. The average Bonchev–Trinajstić information content (AvgIpc) is 3.18. The van der Waals surface area contributed by atoms with Crippen molar-refractivity contribution in [2.24, 2.45) is 0 Å². The topological polar surface area (TPSA) is 28.9 Å². The molecule has 2 aromatic rings. The molecule has 0 amide bonds. The number of rotatable bonds is 4. The molecule has 0 aliphatic carbocycles. The van der Waals surface area contributed by atoms with Crippen LogP contribution in [0, 0.1) is 0 Å². The second-order valence-electron chi connectivity index (χ2n) is 8.18. The highest BCUT2D eigenvalue weighted by Gasteiger charge is 2.37. The summed E-state index contributed by atoms with van der Waals surface area (Å²) in [7, 11) is 0. The molecule has 0 atom stereocenters. The molecule has 0 radical (unpaired) electrons. The van der Waals surface area contributed by atoms with Crippen molar-refractivity contribution in [1.29, 1.82) is 0 Å². The lowest BCUT2D eigenvalue weighted by Gasteiger charge is -2.48. The van der Waals surface area contributed by atoms with E-state index in [1.807, 2.05) is 0 Å². The smallest absolute Gasteiger partial charge is 0.417 e. The molecule has 0 bridgehead atoms. The van der Waals surface area contributed by atoms with Crippen LogP contribution in [0.15, 0.2) is 40.8 Å². The molecule has 4 rings (SSSR count). The summed E-state index contributed by atoms with van der Waals surface area (Å²) in [6.45, 7) is 8.41. The molecule has 158 valence electrons. The van der Waals surface area contributed by atoms with Crippen molar-refractivity contribution in [2.45, 2.75) is 38.0 Å². The summed E-state index contributed by atoms with van der Waals surface area (Å²) in [6.07, 6.45) is -2.27. The van der Waals surface area contributed by atoms with Gasteiger partial charge in [-0.2, -0.15) is 13.2 Å². The van der Waals surface area contributed by atoms with Gasteiger partial charge in [0.25, 0.3) is 0 Å². The number of hydrogen-bond donors (Lipinski definition) is 0. The predicted molar refractivity (Wildman–Crippen MR) is 104 cm³/mol. The Kier molecular flexibility index (Phi) is 5.73. The van der Waals surface area contributed by atoms with Gasteiger partial charge < -0.3 is 9.15 Å². The fraction of sp³-hybridized carbons (Fsp3) is 0.545. The van der Waals surface area contributed by atoms with Gasteiger partial charge in [-0.15, -0.1) is 0 Å². The minimum absolute atomic E-state index is 0.0878. The van der Waals surface area contributed by atoms with Crippen LogP contribution in [0.1, 0.15) is 31.1 Å². The summed E-state index contributed by atoms with van der Waals surface area (Å²) in [5.41, 5.74) is -0.384. The molecule has 29 heavy (non-hydrogen) atoms. The van der Waals surface area contributed by atoms with Gasteiger partial charge in [0, 0.05) is 37.3 Å². The van der Waals surface area contributed by atoms with Gasteiger partial charge in [0.05, 0.1) is 25.3 Å². The molecule has 4 nitrogen and oxygen atoms in total. The number of nitrogens with zero attached hydrogens (tertiary/aromatic N) is 2. The van der Waals surface area contributed by atoms with Crippen LogP contribution in [0.2, 0.25) is 0 Å². The quantitative estimate of drug-likeness (QED) is 0.736.